The lowest BCUT2D eigenvalue weighted by molar-refractivity contribution is -0.00617. The van der Waals surface area contributed by atoms with Crippen LogP contribution in [0, 0.1) is 0 Å². The Kier molecular flexibility index (Phi) is 3.71. The second-order valence-corrected chi connectivity index (χ2v) is 5.59. The highest BCUT2D eigenvalue weighted by Gasteiger charge is 2.31. The van der Waals surface area contributed by atoms with Crippen LogP contribution in [0.1, 0.15) is 12.8 Å². The second kappa shape index (κ2) is 4.84. The van der Waals surface area contributed by atoms with Crippen LogP contribution in [0.15, 0.2) is 0 Å². The van der Waals surface area contributed by atoms with Crippen molar-refractivity contribution in [2.24, 2.45) is 0 Å². The molecule has 2 N–H and O–H groups in total. The molecule has 2 heterocycles. The Hall–Kier alpha value is 0.230. The standard InChI is InChI=1S/C10H20N2OS/c13-10(1-7-14-8-2-10)9-12-5-3-11-4-6-12/h11,13H,1-9H2. The van der Waals surface area contributed by atoms with Crippen LogP contribution in [-0.2, 0) is 0 Å². The van der Waals surface area contributed by atoms with Gasteiger partial charge in [-0.25, -0.2) is 0 Å². The lowest BCUT2D eigenvalue weighted by Gasteiger charge is -2.38. The molecule has 0 aromatic rings. The molecule has 0 aromatic carbocycles. The lowest BCUT2D eigenvalue weighted by Crippen LogP contribution is -2.51. The molecule has 2 rings (SSSR count). The van der Waals surface area contributed by atoms with Crippen molar-refractivity contribution in [1.82, 2.24) is 10.2 Å². The number of nitrogens with zero attached hydrogens (tertiary/aromatic N) is 1. The molecule has 0 atom stereocenters. The summed E-state index contributed by atoms with van der Waals surface area (Å²) in [5, 5.41) is 13.7. The fourth-order valence-electron chi connectivity index (χ4n) is 2.19. The minimum Gasteiger partial charge on any atom is -0.388 e. The summed E-state index contributed by atoms with van der Waals surface area (Å²) in [6, 6.07) is 0. The van der Waals surface area contributed by atoms with Crippen molar-refractivity contribution >= 4 is 11.8 Å². The van der Waals surface area contributed by atoms with Crippen LogP contribution >= 0.6 is 11.8 Å². The molecule has 0 saturated carbocycles. The smallest absolute Gasteiger partial charge is 0.0789 e. The maximum atomic E-state index is 10.3. The molecule has 0 bridgehead atoms. The lowest BCUT2D eigenvalue weighted by atomic mass is 9.96. The number of piperazine rings is 1. The van der Waals surface area contributed by atoms with Gasteiger partial charge in [0, 0.05) is 32.7 Å². The minimum atomic E-state index is -0.386. The van der Waals surface area contributed by atoms with Gasteiger partial charge >= 0.3 is 0 Å². The van der Waals surface area contributed by atoms with Gasteiger partial charge in [0.25, 0.3) is 0 Å². The monoisotopic (exact) mass is 216 g/mol. The highest BCUT2D eigenvalue weighted by Crippen LogP contribution is 2.27. The van der Waals surface area contributed by atoms with Gasteiger partial charge in [-0.15, -0.1) is 0 Å². The zero-order valence-electron chi connectivity index (χ0n) is 8.67. The van der Waals surface area contributed by atoms with Crippen LogP contribution in [0.3, 0.4) is 0 Å². The van der Waals surface area contributed by atoms with E-state index in [-0.39, 0.29) is 5.60 Å². The predicted octanol–water partition coefficient (Wildman–Crippen LogP) is 0.150. The Balaban J connectivity index is 1.81. The van der Waals surface area contributed by atoms with Crippen LogP contribution in [0.25, 0.3) is 0 Å². The number of β-amino-alcohol motifs (C(OH)–C–C–N with tert-alkyl or cyclic N) is 1. The molecule has 4 heteroatoms. The minimum absolute atomic E-state index is 0.386. The Morgan fingerprint density at radius 1 is 1.21 bits per heavy atom. The molecule has 2 saturated heterocycles. The third-order valence-corrected chi connectivity index (χ3v) is 4.14. The summed E-state index contributed by atoms with van der Waals surface area (Å²) in [6.07, 6.45) is 1.95. The first-order valence-corrected chi connectivity index (χ1v) is 6.67. The van der Waals surface area contributed by atoms with Gasteiger partial charge < -0.3 is 10.4 Å². The summed E-state index contributed by atoms with van der Waals surface area (Å²) >= 11 is 1.97. The Morgan fingerprint density at radius 3 is 2.50 bits per heavy atom. The maximum absolute atomic E-state index is 10.3. The summed E-state index contributed by atoms with van der Waals surface area (Å²) in [4.78, 5) is 2.40. The van der Waals surface area contributed by atoms with Crippen molar-refractivity contribution in [1.29, 1.82) is 0 Å². The van der Waals surface area contributed by atoms with Gasteiger partial charge in [0.1, 0.15) is 0 Å². The molecule has 82 valence electrons. The van der Waals surface area contributed by atoms with E-state index in [4.69, 9.17) is 0 Å². The zero-order chi connectivity index (χ0) is 9.86. The highest BCUT2D eigenvalue weighted by molar-refractivity contribution is 7.99. The first-order valence-electron chi connectivity index (χ1n) is 5.52. The Labute approximate surface area is 90.2 Å². The van der Waals surface area contributed by atoms with E-state index in [0.29, 0.717) is 0 Å². The Morgan fingerprint density at radius 2 is 1.86 bits per heavy atom. The SMILES string of the molecule is OC1(CN2CCNCC2)CCSCC1. The van der Waals surface area contributed by atoms with Crippen LogP contribution in [0.4, 0.5) is 0 Å². The third kappa shape index (κ3) is 2.86. The quantitative estimate of drug-likeness (QED) is 0.689. The van der Waals surface area contributed by atoms with E-state index in [9.17, 15) is 5.11 Å². The molecule has 0 amide bonds. The van der Waals surface area contributed by atoms with E-state index >= 15 is 0 Å². The average molecular weight is 216 g/mol. The van der Waals surface area contributed by atoms with Gasteiger partial charge in [-0.1, -0.05) is 0 Å². The molecule has 2 aliphatic heterocycles. The van der Waals surface area contributed by atoms with Crippen LogP contribution in [0.5, 0.6) is 0 Å². The third-order valence-electron chi connectivity index (χ3n) is 3.15. The maximum Gasteiger partial charge on any atom is 0.0789 e. The van der Waals surface area contributed by atoms with E-state index < -0.39 is 0 Å². The fourth-order valence-corrected chi connectivity index (χ4v) is 3.45. The molecule has 0 radical (unpaired) electrons. The fraction of sp³-hybridized carbons (Fsp3) is 1.00. The zero-order valence-corrected chi connectivity index (χ0v) is 9.48. The number of hydrogen-bond acceptors (Lipinski definition) is 4. The number of nitrogens with one attached hydrogen (secondary N) is 1. The molecular weight excluding hydrogens is 196 g/mol. The summed E-state index contributed by atoms with van der Waals surface area (Å²) in [6.45, 7) is 5.22. The molecule has 3 nitrogen and oxygen atoms in total. The average Bonchev–Trinajstić information content (AvgIpc) is 2.19. The predicted molar refractivity (Wildman–Crippen MR) is 60.8 cm³/mol. The topological polar surface area (TPSA) is 35.5 Å². The second-order valence-electron chi connectivity index (χ2n) is 4.36. The molecule has 0 unspecified atom stereocenters. The van der Waals surface area contributed by atoms with E-state index in [1.807, 2.05) is 11.8 Å². The summed E-state index contributed by atoms with van der Waals surface area (Å²) in [5.41, 5.74) is -0.386. The van der Waals surface area contributed by atoms with Crippen molar-refractivity contribution < 1.29 is 5.11 Å². The van der Waals surface area contributed by atoms with E-state index in [2.05, 4.69) is 10.2 Å². The van der Waals surface area contributed by atoms with Gasteiger partial charge in [0.05, 0.1) is 5.60 Å². The first kappa shape index (κ1) is 10.7. The number of thioether (sulfide) groups is 1. The Bertz CT molecular complexity index is 177. The number of aliphatic hydroxyl groups is 1. The van der Waals surface area contributed by atoms with Crippen molar-refractivity contribution in [3.8, 4) is 0 Å². The molecule has 14 heavy (non-hydrogen) atoms. The van der Waals surface area contributed by atoms with Gasteiger partial charge in [-0.2, -0.15) is 11.8 Å². The van der Waals surface area contributed by atoms with E-state index in [1.165, 1.54) is 0 Å². The van der Waals surface area contributed by atoms with Crippen LogP contribution in [-0.4, -0.2) is 59.8 Å². The first-order chi connectivity index (χ1) is 6.79. The van der Waals surface area contributed by atoms with Crippen molar-refractivity contribution in [2.45, 2.75) is 18.4 Å². The summed E-state index contributed by atoms with van der Waals surface area (Å²) in [7, 11) is 0. The molecule has 0 spiro atoms. The van der Waals surface area contributed by atoms with Crippen LogP contribution < -0.4 is 5.32 Å². The molecule has 2 fully saturated rings. The largest absolute Gasteiger partial charge is 0.388 e. The summed E-state index contributed by atoms with van der Waals surface area (Å²) < 4.78 is 0. The molecule has 2 aliphatic rings. The van der Waals surface area contributed by atoms with Gasteiger partial charge in [-0.3, -0.25) is 4.90 Å². The normalized spacial score (nSPS) is 28.9. The highest BCUT2D eigenvalue weighted by atomic mass is 32.2. The summed E-state index contributed by atoms with van der Waals surface area (Å²) in [5.74, 6) is 2.26. The van der Waals surface area contributed by atoms with Crippen molar-refractivity contribution in [3.63, 3.8) is 0 Å². The molecule has 0 aromatic heterocycles. The van der Waals surface area contributed by atoms with Crippen LogP contribution in [0.2, 0.25) is 0 Å². The van der Waals surface area contributed by atoms with Crippen molar-refractivity contribution in [3.05, 3.63) is 0 Å². The van der Waals surface area contributed by atoms with E-state index in [1.54, 1.807) is 0 Å². The van der Waals surface area contributed by atoms with Crippen molar-refractivity contribution in [2.75, 3.05) is 44.2 Å². The van der Waals surface area contributed by atoms with Gasteiger partial charge in [0.15, 0.2) is 0 Å². The number of hydrogen-bond donors (Lipinski definition) is 2. The van der Waals surface area contributed by atoms with Gasteiger partial charge in [-0.05, 0) is 24.3 Å². The van der Waals surface area contributed by atoms with Gasteiger partial charge in [0.2, 0.25) is 0 Å². The van der Waals surface area contributed by atoms with E-state index in [0.717, 1.165) is 57.1 Å². The molecular formula is C10H20N2OS. The molecule has 0 aliphatic carbocycles. The number of rotatable bonds is 2.